The number of fused-ring (bicyclic) bond motifs is 1. The maximum absolute atomic E-state index is 12.7. The molecule has 1 amide bonds. The monoisotopic (exact) mass is 459 g/mol. The standard InChI is InChI=1S/C17H12Cl3N3O4S/c1-27-7-6-22-15-13(5-3-11(19)14(15)20)28-17(22)21-16(24)10-8-9(18)2-4-12(10)23(25)26/h2-5,8H,6-7H2,1H3. The first kappa shape index (κ1) is 20.8. The predicted molar refractivity (Wildman–Crippen MR) is 110 cm³/mol. The topological polar surface area (TPSA) is 86.7 Å². The summed E-state index contributed by atoms with van der Waals surface area (Å²) < 4.78 is 7.58. The lowest BCUT2D eigenvalue weighted by molar-refractivity contribution is -0.385. The fourth-order valence-corrected chi connectivity index (χ4v) is 4.27. The lowest BCUT2D eigenvalue weighted by Gasteiger charge is -2.06. The molecule has 0 radical (unpaired) electrons. The van der Waals surface area contributed by atoms with Gasteiger partial charge in [-0.2, -0.15) is 4.99 Å². The van der Waals surface area contributed by atoms with Crippen molar-refractivity contribution in [1.29, 1.82) is 0 Å². The molecular weight excluding hydrogens is 449 g/mol. The fourth-order valence-electron chi connectivity index (χ4n) is 2.56. The van der Waals surface area contributed by atoms with Crippen molar-refractivity contribution in [3.8, 4) is 0 Å². The van der Waals surface area contributed by atoms with Crippen molar-refractivity contribution in [1.82, 2.24) is 4.57 Å². The second-order valence-corrected chi connectivity index (χ2v) is 7.80. The molecule has 7 nitrogen and oxygen atoms in total. The number of rotatable bonds is 5. The van der Waals surface area contributed by atoms with Crippen LogP contribution in [-0.2, 0) is 11.3 Å². The normalized spacial score (nSPS) is 11.9. The van der Waals surface area contributed by atoms with E-state index in [0.29, 0.717) is 33.5 Å². The second kappa shape index (κ2) is 8.59. The van der Waals surface area contributed by atoms with Crippen LogP contribution in [0.2, 0.25) is 15.1 Å². The Morgan fingerprint density at radius 2 is 2.04 bits per heavy atom. The molecule has 3 aromatic rings. The maximum Gasteiger partial charge on any atom is 0.286 e. The van der Waals surface area contributed by atoms with Gasteiger partial charge >= 0.3 is 0 Å². The average molecular weight is 461 g/mol. The first-order chi connectivity index (χ1) is 13.3. The van der Waals surface area contributed by atoms with Crippen LogP contribution in [0.1, 0.15) is 10.4 Å². The van der Waals surface area contributed by atoms with Crippen molar-refractivity contribution in [3.05, 3.63) is 65.9 Å². The van der Waals surface area contributed by atoms with Gasteiger partial charge in [-0.15, -0.1) is 0 Å². The second-order valence-electron chi connectivity index (χ2n) is 5.57. The molecule has 0 bridgehead atoms. The molecule has 0 aliphatic carbocycles. The van der Waals surface area contributed by atoms with E-state index in [-0.39, 0.29) is 16.3 Å². The van der Waals surface area contributed by atoms with Gasteiger partial charge < -0.3 is 9.30 Å². The van der Waals surface area contributed by atoms with E-state index in [9.17, 15) is 14.9 Å². The molecule has 0 unspecified atom stereocenters. The highest BCUT2D eigenvalue weighted by molar-refractivity contribution is 7.16. The summed E-state index contributed by atoms with van der Waals surface area (Å²) in [6, 6.07) is 7.16. The minimum Gasteiger partial charge on any atom is -0.383 e. The number of carbonyl (C=O) groups excluding carboxylic acids is 1. The molecule has 0 N–H and O–H groups in total. The molecule has 0 aliphatic heterocycles. The van der Waals surface area contributed by atoms with E-state index < -0.39 is 10.8 Å². The number of nitro benzene ring substituents is 1. The molecule has 1 aromatic heterocycles. The summed E-state index contributed by atoms with van der Waals surface area (Å²) in [6.45, 7) is 0.702. The van der Waals surface area contributed by atoms with Crippen LogP contribution in [0.4, 0.5) is 5.69 Å². The fraction of sp³-hybridized carbons (Fsp3) is 0.176. The Labute approximate surface area is 177 Å². The van der Waals surface area contributed by atoms with Crippen LogP contribution in [-0.4, -0.2) is 29.1 Å². The van der Waals surface area contributed by atoms with Crippen molar-refractivity contribution in [2.45, 2.75) is 6.54 Å². The van der Waals surface area contributed by atoms with E-state index in [0.717, 1.165) is 4.70 Å². The quantitative estimate of drug-likeness (QED) is 0.398. The molecule has 2 aromatic carbocycles. The van der Waals surface area contributed by atoms with Crippen LogP contribution >= 0.6 is 46.1 Å². The molecule has 3 rings (SSSR count). The Hall–Kier alpha value is -1.97. The largest absolute Gasteiger partial charge is 0.383 e. The van der Waals surface area contributed by atoms with Crippen LogP contribution < -0.4 is 4.80 Å². The molecule has 0 atom stereocenters. The van der Waals surface area contributed by atoms with Crippen molar-refractivity contribution >= 4 is 68.0 Å². The smallest absolute Gasteiger partial charge is 0.286 e. The van der Waals surface area contributed by atoms with Crippen LogP contribution in [0.5, 0.6) is 0 Å². The predicted octanol–water partition coefficient (Wildman–Crippen LogP) is 4.96. The molecule has 0 saturated carbocycles. The number of ether oxygens (including phenoxy) is 1. The number of hydrogen-bond acceptors (Lipinski definition) is 5. The zero-order valence-corrected chi connectivity index (χ0v) is 17.4. The number of hydrogen-bond donors (Lipinski definition) is 0. The number of carbonyl (C=O) groups is 1. The van der Waals surface area contributed by atoms with Crippen molar-refractivity contribution in [3.63, 3.8) is 0 Å². The third kappa shape index (κ3) is 4.06. The summed E-state index contributed by atoms with van der Waals surface area (Å²) in [6.07, 6.45) is 0. The van der Waals surface area contributed by atoms with Crippen LogP contribution in [0.15, 0.2) is 35.3 Å². The van der Waals surface area contributed by atoms with Gasteiger partial charge in [-0.05, 0) is 24.3 Å². The summed E-state index contributed by atoms with van der Waals surface area (Å²) in [5.74, 6) is -0.783. The number of thiazole rings is 1. The van der Waals surface area contributed by atoms with Gasteiger partial charge in [0.25, 0.3) is 11.6 Å². The van der Waals surface area contributed by atoms with Gasteiger partial charge in [-0.25, -0.2) is 0 Å². The first-order valence-electron chi connectivity index (χ1n) is 7.82. The number of halogens is 3. The molecule has 0 aliphatic rings. The minimum atomic E-state index is -0.783. The lowest BCUT2D eigenvalue weighted by atomic mass is 10.2. The molecule has 0 spiro atoms. The summed E-state index contributed by atoms with van der Waals surface area (Å²) in [5.41, 5.74) is 0.0458. The molecule has 1 heterocycles. The Morgan fingerprint density at radius 1 is 1.29 bits per heavy atom. The summed E-state index contributed by atoms with van der Waals surface area (Å²) >= 11 is 19.6. The zero-order chi connectivity index (χ0) is 20.4. The third-order valence-electron chi connectivity index (χ3n) is 3.84. The van der Waals surface area contributed by atoms with E-state index in [4.69, 9.17) is 39.5 Å². The van der Waals surface area contributed by atoms with Crippen molar-refractivity contribution in [2.24, 2.45) is 4.99 Å². The van der Waals surface area contributed by atoms with Gasteiger partial charge in [0.15, 0.2) is 4.80 Å². The first-order valence-corrected chi connectivity index (χ1v) is 9.77. The minimum absolute atomic E-state index is 0.197. The van der Waals surface area contributed by atoms with E-state index in [2.05, 4.69) is 4.99 Å². The molecule has 11 heteroatoms. The number of benzene rings is 2. The molecule has 28 heavy (non-hydrogen) atoms. The van der Waals surface area contributed by atoms with Gasteiger partial charge in [-0.1, -0.05) is 46.1 Å². The Kier molecular flexibility index (Phi) is 6.36. The molecular formula is C17H12Cl3N3O4S. The summed E-state index contributed by atoms with van der Waals surface area (Å²) in [7, 11) is 1.54. The van der Waals surface area contributed by atoms with E-state index in [1.165, 1.54) is 29.5 Å². The van der Waals surface area contributed by atoms with E-state index >= 15 is 0 Å². The van der Waals surface area contributed by atoms with Crippen LogP contribution in [0, 0.1) is 10.1 Å². The zero-order valence-electron chi connectivity index (χ0n) is 14.3. The number of aromatic nitrogens is 1. The third-order valence-corrected chi connectivity index (χ3v) is 5.91. The summed E-state index contributed by atoms with van der Waals surface area (Å²) in [5, 5.41) is 12.1. The van der Waals surface area contributed by atoms with Gasteiger partial charge in [0.1, 0.15) is 5.56 Å². The number of amides is 1. The van der Waals surface area contributed by atoms with Crippen molar-refractivity contribution < 1.29 is 14.5 Å². The molecule has 146 valence electrons. The van der Waals surface area contributed by atoms with Gasteiger partial charge in [0.05, 0.1) is 31.8 Å². The number of methoxy groups -OCH3 is 1. The molecule has 0 fully saturated rings. The molecule has 0 saturated heterocycles. The van der Waals surface area contributed by atoms with E-state index in [1.807, 2.05) is 0 Å². The SMILES string of the molecule is COCCn1c(=NC(=O)c2cc(Cl)ccc2[N+](=O)[O-])sc2ccc(Cl)c(Cl)c21. The highest BCUT2D eigenvalue weighted by Gasteiger charge is 2.21. The van der Waals surface area contributed by atoms with Gasteiger partial charge in [0, 0.05) is 24.7 Å². The number of nitrogens with zero attached hydrogens (tertiary/aromatic N) is 3. The Morgan fingerprint density at radius 3 is 2.71 bits per heavy atom. The van der Waals surface area contributed by atoms with E-state index in [1.54, 1.807) is 23.8 Å². The number of nitro groups is 1. The van der Waals surface area contributed by atoms with Crippen molar-refractivity contribution in [2.75, 3.05) is 13.7 Å². The van der Waals surface area contributed by atoms with Gasteiger partial charge in [0.2, 0.25) is 0 Å². The Bertz CT molecular complexity index is 1160. The highest BCUT2D eigenvalue weighted by atomic mass is 35.5. The highest BCUT2D eigenvalue weighted by Crippen LogP contribution is 2.32. The van der Waals surface area contributed by atoms with Crippen LogP contribution in [0.25, 0.3) is 10.2 Å². The lowest BCUT2D eigenvalue weighted by Crippen LogP contribution is -2.19. The average Bonchev–Trinajstić information content (AvgIpc) is 3.00. The summed E-state index contributed by atoms with van der Waals surface area (Å²) in [4.78, 5) is 27.7. The van der Waals surface area contributed by atoms with Crippen LogP contribution in [0.3, 0.4) is 0 Å². The Balaban J connectivity index is 2.22. The maximum atomic E-state index is 12.7. The van der Waals surface area contributed by atoms with Gasteiger partial charge in [-0.3, -0.25) is 14.9 Å².